The van der Waals surface area contributed by atoms with Crippen molar-refractivity contribution in [3.8, 4) is 0 Å². The molecular weight excluding hydrogens is 297 g/mol. The number of hydrogen-bond acceptors (Lipinski definition) is 4. The Morgan fingerprint density at radius 3 is 2.62 bits per heavy atom. The van der Waals surface area contributed by atoms with Crippen molar-refractivity contribution in [2.24, 2.45) is 11.8 Å². The van der Waals surface area contributed by atoms with Gasteiger partial charge in [-0.05, 0) is 26.2 Å². The minimum atomic E-state index is -3.17. The fourth-order valence-electron chi connectivity index (χ4n) is 3.73. The van der Waals surface area contributed by atoms with Crippen molar-refractivity contribution in [3.05, 3.63) is 0 Å². The lowest BCUT2D eigenvalue weighted by atomic mass is 9.79. The summed E-state index contributed by atoms with van der Waals surface area (Å²) in [4.78, 5) is 13.8. The van der Waals surface area contributed by atoms with E-state index in [0.29, 0.717) is 19.6 Å². The third-order valence-corrected chi connectivity index (χ3v) is 7.88. The number of ether oxygens (including phenoxy) is 1. The van der Waals surface area contributed by atoms with E-state index in [4.69, 9.17) is 4.74 Å². The van der Waals surface area contributed by atoms with Gasteiger partial charge in [-0.15, -0.1) is 0 Å². The molecule has 3 aliphatic rings. The van der Waals surface area contributed by atoms with E-state index in [1.165, 1.54) is 0 Å². The summed E-state index contributed by atoms with van der Waals surface area (Å²) in [5.41, 5.74) is 0. The average Bonchev–Trinajstić information content (AvgIpc) is 2.61. The van der Waals surface area contributed by atoms with E-state index < -0.39 is 20.8 Å². The van der Waals surface area contributed by atoms with Crippen LogP contribution in [0.15, 0.2) is 0 Å². The lowest BCUT2D eigenvalue weighted by Crippen LogP contribution is -2.70. The Balaban J connectivity index is 1.66. The zero-order valence-electron chi connectivity index (χ0n) is 12.3. The van der Waals surface area contributed by atoms with Crippen molar-refractivity contribution in [3.63, 3.8) is 0 Å². The average molecular weight is 319 g/mol. The first-order valence-corrected chi connectivity index (χ1v) is 9.28. The van der Waals surface area contributed by atoms with Gasteiger partial charge in [0, 0.05) is 31.5 Å². The SMILES string of the molecule is CCOC[C@H]1CCS(=O)(=O)C12CN(C(=O)C1CC(F)C1)C2. The summed E-state index contributed by atoms with van der Waals surface area (Å²) in [5.74, 6) is -0.164. The van der Waals surface area contributed by atoms with Gasteiger partial charge in [0.25, 0.3) is 0 Å². The fraction of sp³-hybridized carbons (Fsp3) is 0.929. The summed E-state index contributed by atoms with van der Waals surface area (Å²) < 4.78 is 42.2. The summed E-state index contributed by atoms with van der Waals surface area (Å²) in [5, 5.41) is 0. The number of hydrogen-bond donors (Lipinski definition) is 0. The van der Waals surface area contributed by atoms with Gasteiger partial charge in [-0.2, -0.15) is 0 Å². The van der Waals surface area contributed by atoms with Gasteiger partial charge < -0.3 is 9.64 Å². The first-order chi connectivity index (χ1) is 9.89. The van der Waals surface area contributed by atoms with E-state index >= 15 is 0 Å². The van der Waals surface area contributed by atoms with E-state index in [9.17, 15) is 17.6 Å². The molecule has 0 bridgehead atoms. The van der Waals surface area contributed by atoms with Gasteiger partial charge in [0.1, 0.15) is 10.9 Å². The van der Waals surface area contributed by atoms with Crippen molar-refractivity contribution < 1.29 is 22.3 Å². The Morgan fingerprint density at radius 1 is 1.38 bits per heavy atom. The molecule has 1 saturated carbocycles. The van der Waals surface area contributed by atoms with Gasteiger partial charge in [0.15, 0.2) is 9.84 Å². The second kappa shape index (κ2) is 5.19. The van der Waals surface area contributed by atoms with Crippen LogP contribution >= 0.6 is 0 Å². The highest BCUT2D eigenvalue weighted by Gasteiger charge is 2.63. The normalized spacial score (nSPS) is 36.3. The van der Waals surface area contributed by atoms with Gasteiger partial charge in [0.2, 0.25) is 5.91 Å². The van der Waals surface area contributed by atoms with Gasteiger partial charge in [0.05, 0.1) is 12.4 Å². The molecular formula is C14H22FNO4S. The van der Waals surface area contributed by atoms with Crippen LogP contribution in [-0.2, 0) is 19.4 Å². The van der Waals surface area contributed by atoms with Crippen molar-refractivity contribution in [2.75, 3.05) is 32.1 Å². The van der Waals surface area contributed by atoms with Gasteiger partial charge in [-0.1, -0.05) is 0 Å². The van der Waals surface area contributed by atoms with E-state index in [0.717, 1.165) is 0 Å². The molecule has 1 atom stereocenters. The molecule has 1 spiro atoms. The largest absolute Gasteiger partial charge is 0.381 e. The van der Waals surface area contributed by atoms with Gasteiger partial charge in [-0.3, -0.25) is 4.79 Å². The molecule has 1 amide bonds. The van der Waals surface area contributed by atoms with Crippen LogP contribution in [0.4, 0.5) is 4.39 Å². The number of nitrogens with zero attached hydrogens (tertiary/aromatic N) is 1. The van der Waals surface area contributed by atoms with Crippen LogP contribution in [0.1, 0.15) is 26.2 Å². The summed E-state index contributed by atoms with van der Waals surface area (Å²) in [7, 11) is -3.17. The molecule has 2 saturated heterocycles. The minimum absolute atomic E-state index is 0.0261. The molecule has 21 heavy (non-hydrogen) atoms. The predicted octanol–water partition coefficient (Wildman–Crippen LogP) is 0.787. The van der Waals surface area contributed by atoms with Crippen LogP contribution in [0, 0.1) is 11.8 Å². The Morgan fingerprint density at radius 2 is 2.05 bits per heavy atom. The number of alkyl halides is 1. The molecule has 7 heteroatoms. The van der Waals surface area contributed by atoms with E-state index in [2.05, 4.69) is 0 Å². The molecule has 1 aliphatic carbocycles. The van der Waals surface area contributed by atoms with E-state index in [1.807, 2.05) is 6.92 Å². The summed E-state index contributed by atoms with van der Waals surface area (Å²) in [6, 6.07) is 0. The Hall–Kier alpha value is -0.690. The molecule has 0 N–H and O–H groups in total. The fourth-order valence-corrected chi connectivity index (χ4v) is 6.13. The summed E-state index contributed by atoms with van der Waals surface area (Å²) >= 11 is 0. The maximum absolute atomic E-state index is 12.8. The molecule has 0 aromatic heterocycles. The van der Waals surface area contributed by atoms with Crippen LogP contribution in [0.2, 0.25) is 0 Å². The lowest BCUT2D eigenvalue weighted by Gasteiger charge is -2.51. The molecule has 120 valence electrons. The topological polar surface area (TPSA) is 63.7 Å². The standard InChI is InChI=1S/C14H22FNO4S/c1-2-20-7-11-3-4-21(18,19)14(11)8-16(9-14)13(17)10-5-12(15)6-10/h10-12H,2-9H2,1H3/t10?,11-,12?/m1/s1. The maximum Gasteiger partial charge on any atom is 0.226 e. The molecule has 3 fully saturated rings. The molecule has 0 aromatic rings. The third-order valence-electron chi connectivity index (χ3n) is 5.28. The quantitative estimate of drug-likeness (QED) is 0.768. The van der Waals surface area contributed by atoms with Crippen LogP contribution in [0.3, 0.4) is 0 Å². The van der Waals surface area contributed by atoms with Crippen molar-refractivity contribution in [1.82, 2.24) is 4.90 Å². The molecule has 3 rings (SSSR count). The highest BCUT2D eigenvalue weighted by atomic mass is 32.2. The number of halogens is 1. The number of carbonyl (C=O) groups is 1. The molecule has 5 nitrogen and oxygen atoms in total. The molecule has 0 unspecified atom stereocenters. The predicted molar refractivity (Wildman–Crippen MR) is 75.3 cm³/mol. The number of likely N-dealkylation sites (tertiary alicyclic amines) is 1. The van der Waals surface area contributed by atoms with Crippen LogP contribution in [0.25, 0.3) is 0 Å². The van der Waals surface area contributed by atoms with Crippen molar-refractivity contribution in [2.45, 2.75) is 37.1 Å². The Bertz CT molecular complexity index is 523. The number of carbonyl (C=O) groups excluding carboxylic acids is 1. The number of sulfone groups is 1. The zero-order valence-corrected chi connectivity index (χ0v) is 13.1. The number of rotatable bonds is 4. The first kappa shape index (κ1) is 15.2. The molecule has 0 radical (unpaired) electrons. The lowest BCUT2D eigenvalue weighted by molar-refractivity contribution is -0.147. The second-order valence-electron chi connectivity index (χ2n) is 6.49. The van der Waals surface area contributed by atoms with Crippen molar-refractivity contribution >= 4 is 15.7 Å². The van der Waals surface area contributed by atoms with Crippen LogP contribution in [-0.4, -0.2) is 62.2 Å². The Labute approximate surface area is 124 Å². The van der Waals surface area contributed by atoms with Crippen molar-refractivity contribution in [1.29, 1.82) is 0 Å². The van der Waals surface area contributed by atoms with Crippen LogP contribution in [0.5, 0.6) is 0 Å². The van der Waals surface area contributed by atoms with Crippen LogP contribution < -0.4 is 0 Å². The third kappa shape index (κ3) is 2.29. The zero-order chi connectivity index (χ0) is 15.3. The van der Waals surface area contributed by atoms with Gasteiger partial charge >= 0.3 is 0 Å². The highest BCUT2D eigenvalue weighted by Crippen LogP contribution is 2.46. The first-order valence-electron chi connectivity index (χ1n) is 7.62. The van der Waals surface area contributed by atoms with E-state index in [-0.39, 0.29) is 49.4 Å². The second-order valence-corrected chi connectivity index (χ2v) is 8.94. The molecule has 2 aliphatic heterocycles. The minimum Gasteiger partial charge on any atom is -0.381 e. The van der Waals surface area contributed by atoms with Gasteiger partial charge in [-0.25, -0.2) is 12.8 Å². The number of amides is 1. The smallest absolute Gasteiger partial charge is 0.226 e. The molecule has 0 aromatic carbocycles. The monoisotopic (exact) mass is 319 g/mol. The summed E-state index contributed by atoms with van der Waals surface area (Å²) in [6.45, 7) is 3.42. The maximum atomic E-state index is 12.8. The summed E-state index contributed by atoms with van der Waals surface area (Å²) in [6.07, 6.45) is 0.324. The Kier molecular flexibility index (Phi) is 3.76. The molecule has 2 heterocycles. The van der Waals surface area contributed by atoms with E-state index in [1.54, 1.807) is 4.90 Å². The highest BCUT2D eigenvalue weighted by molar-refractivity contribution is 7.93.